The molecule has 18 heavy (non-hydrogen) atoms. The molecule has 2 rings (SSSR count). The van der Waals surface area contributed by atoms with Gasteiger partial charge in [0.2, 0.25) is 0 Å². The average molecular weight is 309 g/mol. The molecule has 0 aliphatic rings. The molecule has 0 aliphatic carbocycles. The lowest BCUT2D eigenvalue weighted by molar-refractivity contribution is 0.102. The molecular formula is C12H13BrN4O. The van der Waals surface area contributed by atoms with Crippen molar-refractivity contribution in [3.8, 4) is 0 Å². The summed E-state index contributed by atoms with van der Waals surface area (Å²) in [6.45, 7) is 2.75. The van der Waals surface area contributed by atoms with Gasteiger partial charge in [-0.25, -0.2) is 0 Å². The Morgan fingerprint density at radius 3 is 2.89 bits per heavy atom. The molecule has 3 N–H and O–H groups in total. The summed E-state index contributed by atoms with van der Waals surface area (Å²) in [4.78, 5) is 11.9. The first-order chi connectivity index (χ1) is 8.60. The summed E-state index contributed by atoms with van der Waals surface area (Å²) >= 11 is 3.29. The predicted octanol–water partition coefficient (Wildman–Crippen LogP) is 2.50. The van der Waals surface area contributed by atoms with Crippen molar-refractivity contribution in [2.45, 2.75) is 13.5 Å². The number of aryl methyl sites for hydroxylation is 1. The first kappa shape index (κ1) is 12.6. The van der Waals surface area contributed by atoms with E-state index < -0.39 is 0 Å². The number of rotatable bonds is 3. The highest BCUT2D eigenvalue weighted by Crippen LogP contribution is 2.20. The van der Waals surface area contributed by atoms with E-state index in [0.29, 0.717) is 17.1 Å². The summed E-state index contributed by atoms with van der Waals surface area (Å²) in [5, 5.41) is 6.90. The Balaban J connectivity index is 2.14. The number of aromatic nitrogens is 2. The van der Waals surface area contributed by atoms with Crippen molar-refractivity contribution >= 4 is 33.3 Å². The van der Waals surface area contributed by atoms with Gasteiger partial charge in [-0.05, 0) is 41.1 Å². The number of carbonyl (C=O) groups excluding carboxylic acids is 1. The fraction of sp³-hybridized carbons (Fsp3) is 0.167. The number of nitrogens with one attached hydrogen (secondary N) is 1. The van der Waals surface area contributed by atoms with Gasteiger partial charge in [-0.1, -0.05) is 0 Å². The van der Waals surface area contributed by atoms with Gasteiger partial charge in [-0.3, -0.25) is 9.48 Å². The Bertz CT molecular complexity index is 579. The van der Waals surface area contributed by atoms with Gasteiger partial charge in [0.15, 0.2) is 5.82 Å². The van der Waals surface area contributed by atoms with Crippen molar-refractivity contribution in [2.24, 2.45) is 0 Å². The zero-order valence-electron chi connectivity index (χ0n) is 9.85. The molecule has 6 heteroatoms. The lowest BCUT2D eigenvalue weighted by atomic mass is 10.2. The third-order valence-corrected chi connectivity index (χ3v) is 3.19. The minimum Gasteiger partial charge on any atom is -0.398 e. The topological polar surface area (TPSA) is 72.9 Å². The molecule has 0 saturated carbocycles. The first-order valence-corrected chi connectivity index (χ1v) is 6.29. The van der Waals surface area contributed by atoms with Crippen molar-refractivity contribution in [3.63, 3.8) is 0 Å². The quantitative estimate of drug-likeness (QED) is 0.856. The number of carbonyl (C=O) groups is 1. The SMILES string of the molecule is CCn1ccc(NC(=O)c2ccc(Br)c(N)c2)n1. The molecule has 1 heterocycles. The minimum absolute atomic E-state index is 0.226. The zero-order valence-corrected chi connectivity index (χ0v) is 11.4. The molecule has 0 spiro atoms. The van der Waals surface area contributed by atoms with E-state index in [1.54, 1.807) is 28.9 Å². The Hall–Kier alpha value is -1.82. The summed E-state index contributed by atoms with van der Waals surface area (Å²) in [7, 11) is 0. The number of nitrogen functional groups attached to an aromatic ring is 1. The smallest absolute Gasteiger partial charge is 0.256 e. The normalized spacial score (nSPS) is 10.3. The Kier molecular flexibility index (Phi) is 3.66. The fourth-order valence-corrected chi connectivity index (χ4v) is 1.72. The van der Waals surface area contributed by atoms with Crippen LogP contribution in [0.1, 0.15) is 17.3 Å². The van der Waals surface area contributed by atoms with Gasteiger partial charge in [0, 0.05) is 34.5 Å². The van der Waals surface area contributed by atoms with Gasteiger partial charge in [0.05, 0.1) is 0 Å². The lowest BCUT2D eigenvalue weighted by Gasteiger charge is -2.04. The Morgan fingerprint density at radius 2 is 2.28 bits per heavy atom. The molecular weight excluding hydrogens is 296 g/mol. The van der Waals surface area contributed by atoms with Gasteiger partial charge in [0.1, 0.15) is 0 Å². The number of amides is 1. The molecule has 0 bridgehead atoms. The van der Waals surface area contributed by atoms with Crippen LogP contribution in [0.2, 0.25) is 0 Å². The van der Waals surface area contributed by atoms with E-state index in [0.717, 1.165) is 11.0 Å². The lowest BCUT2D eigenvalue weighted by Crippen LogP contribution is -2.13. The molecule has 0 fully saturated rings. The molecule has 0 saturated heterocycles. The van der Waals surface area contributed by atoms with E-state index in [1.165, 1.54) is 0 Å². The number of anilines is 2. The van der Waals surface area contributed by atoms with E-state index in [2.05, 4.69) is 26.3 Å². The van der Waals surface area contributed by atoms with E-state index in [-0.39, 0.29) is 5.91 Å². The minimum atomic E-state index is -0.226. The number of halogens is 1. The monoisotopic (exact) mass is 308 g/mol. The number of benzene rings is 1. The standard InChI is InChI=1S/C12H13BrN4O/c1-2-17-6-5-11(16-17)15-12(18)8-3-4-9(13)10(14)7-8/h3-7H,2,14H2,1H3,(H,15,16,18). The highest BCUT2D eigenvalue weighted by atomic mass is 79.9. The van der Waals surface area contributed by atoms with Crippen LogP contribution in [-0.4, -0.2) is 15.7 Å². The van der Waals surface area contributed by atoms with Crippen molar-refractivity contribution < 1.29 is 4.79 Å². The van der Waals surface area contributed by atoms with E-state index in [4.69, 9.17) is 5.73 Å². The molecule has 0 atom stereocenters. The maximum Gasteiger partial charge on any atom is 0.256 e. The first-order valence-electron chi connectivity index (χ1n) is 5.50. The highest BCUT2D eigenvalue weighted by molar-refractivity contribution is 9.10. The molecule has 94 valence electrons. The van der Waals surface area contributed by atoms with Crippen LogP contribution in [0.3, 0.4) is 0 Å². The molecule has 0 radical (unpaired) electrons. The zero-order chi connectivity index (χ0) is 13.1. The molecule has 5 nitrogen and oxygen atoms in total. The van der Waals surface area contributed by atoms with Crippen LogP contribution < -0.4 is 11.1 Å². The Morgan fingerprint density at radius 1 is 1.50 bits per heavy atom. The van der Waals surface area contributed by atoms with Gasteiger partial charge < -0.3 is 11.1 Å². The second-order valence-corrected chi connectivity index (χ2v) is 4.60. The average Bonchev–Trinajstić information content (AvgIpc) is 2.80. The summed E-state index contributed by atoms with van der Waals surface area (Å²) < 4.78 is 2.51. The van der Waals surface area contributed by atoms with Gasteiger partial charge >= 0.3 is 0 Å². The number of nitrogens with two attached hydrogens (primary N) is 1. The second-order valence-electron chi connectivity index (χ2n) is 3.75. The van der Waals surface area contributed by atoms with Crippen LogP contribution in [0.5, 0.6) is 0 Å². The van der Waals surface area contributed by atoms with Crippen molar-refractivity contribution in [3.05, 3.63) is 40.5 Å². The maximum atomic E-state index is 11.9. The van der Waals surface area contributed by atoms with Crippen LogP contribution in [0.25, 0.3) is 0 Å². The van der Waals surface area contributed by atoms with E-state index in [9.17, 15) is 4.79 Å². The maximum absolute atomic E-state index is 11.9. The van der Waals surface area contributed by atoms with E-state index in [1.807, 2.05) is 13.1 Å². The van der Waals surface area contributed by atoms with Crippen LogP contribution in [0.4, 0.5) is 11.5 Å². The van der Waals surface area contributed by atoms with Crippen molar-refractivity contribution in [1.82, 2.24) is 9.78 Å². The number of hydrogen-bond acceptors (Lipinski definition) is 3. The van der Waals surface area contributed by atoms with Gasteiger partial charge in [0.25, 0.3) is 5.91 Å². The molecule has 2 aromatic rings. The molecule has 0 aliphatic heterocycles. The fourth-order valence-electron chi connectivity index (χ4n) is 1.48. The summed E-state index contributed by atoms with van der Waals surface area (Å²) in [5.74, 6) is 0.305. The van der Waals surface area contributed by atoms with Crippen LogP contribution in [0, 0.1) is 0 Å². The van der Waals surface area contributed by atoms with Gasteiger partial charge in [-0.2, -0.15) is 5.10 Å². The van der Waals surface area contributed by atoms with Crippen LogP contribution in [0.15, 0.2) is 34.9 Å². The molecule has 1 aromatic heterocycles. The summed E-state index contributed by atoms with van der Waals surface area (Å²) in [6.07, 6.45) is 1.81. The molecule has 1 amide bonds. The third kappa shape index (κ3) is 2.70. The van der Waals surface area contributed by atoms with Crippen molar-refractivity contribution in [2.75, 3.05) is 11.1 Å². The number of hydrogen-bond donors (Lipinski definition) is 2. The Labute approximate surface area is 113 Å². The van der Waals surface area contributed by atoms with Crippen LogP contribution in [-0.2, 0) is 6.54 Å². The molecule has 1 aromatic carbocycles. The van der Waals surface area contributed by atoms with Crippen LogP contribution >= 0.6 is 15.9 Å². The summed E-state index contributed by atoms with van der Waals surface area (Å²) in [5.41, 5.74) is 6.76. The third-order valence-electron chi connectivity index (χ3n) is 2.46. The van der Waals surface area contributed by atoms with E-state index >= 15 is 0 Å². The highest BCUT2D eigenvalue weighted by Gasteiger charge is 2.09. The predicted molar refractivity (Wildman–Crippen MR) is 74.4 cm³/mol. The molecule has 0 unspecified atom stereocenters. The van der Waals surface area contributed by atoms with Crippen molar-refractivity contribution in [1.29, 1.82) is 0 Å². The largest absolute Gasteiger partial charge is 0.398 e. The van der Waals surface area contributed by atoms with Gasteiger partial charge in [-0.15, -0.1) is 0 Å². The number of nitrogens with zero attached hydrogens (tertiary/aromatic N) is 2. The second kappa shape index (κ2) is 5.22. The summed E-state index contributed by atoms with van der Waals surface area (Å²) in [6, 6.07) is 6.82.